The minimum absolute atomic E-state index is 0.00247. The second-order valence-electron chi connectivity index (χ2n) is 16.2. The van der Waals surface area contributed by atoms with Gasteiger partial charge in [0.25, 0.3) is 5.91 Å². The molecular weight excluding hydrogens is 741 g/mol. The minimum Gasteiger partial charge on any atom is -0.390 e. The predicted molar refractivity (Wildman–Crippen MR) is 223 cm³/mol. The molecule has 3 heterocycles. The molecule has 13 heteroatoms. The van der Waals surface area contributed by atoms with E-state index in [1.807, 2.05) is 118 Å². The number of nitrogens with one attached hydrogen (secondary N) is 3. The van der Waals surface area contributed by atoms with E-state index in [9.17, 15) is 27.9 Å². The summed E-state index contributed by atoms with van der Waals surface area (Å²) in [7, 11) is -3.60. The fourth-order valence-corrected chi connectivity index (χ4v) is 8.68. The number of aromatic nitrogens is 2. The lowest BCUT2D eigenvalue weighted by Gasteiger charge is -2.41. The van der Waals surface area contributed by atoms with Crippen LogP contribution in [0.25, 0.3) is 10.9 Å². The zero-order chi connectivity index (χ0) is 41.2. The maximum absolute atomic E-state index is 14.0. The molecule has 4 unspecified atom stereocenters. The van der Waals surface area contributed by atoms with Crippen LogP contribution in [0.15, 0.2) is 103 Å². The van der Waals surface area contributed by atoms with Crippen LogP contribution in [-0.2, 0) is 32.3 Å². The third-order valence-electron chi connectivity index (χ3n) is 10.1. The van der Waals surface area contributed by atoms with Gasteiger partial charge in [0.2, 0.25) is 11.8 Å². The molecule has 0 saturated carbocycles. The first-order valence-electron chi connectivity index (χ1n) is 19.6. The number of nitrogens with zero attached hydrogens (tertiary/aromatic N) is 3. The second kappa shape index (κ2) is 19.4. The maximum Gasteiger partial charge on any atom is 0.270 e. The fraction of sp³-hybridized carbons (Fsp3) is 0.432. The van der Waals surface area contributed by atoms with Crippen molar-refractivity contribution in [3.05, 3.63) is 120 Å². The number of hydrogen-bond donors (Lipinski definition) is 4. The van der Waals surface area contributed by atoms with Gasteiger partial charge in [-0.25, -0.2) is 13.4 Å². The van der Waals surface area contributed by atoms with Crippen LogP contribution < -0.4 is 16.0 Å². The summed E-state index contributed by atoms with van der Waals surface area (Å²) in [4.78, 5) is 51.7. The van der Waals surface area contributed by atoms with Crippen molar-refractivity contribution in [3.8, 4) is 0 Å². The molecule has 57 heavy (non-hydrogen) atoms. The summed E-state index contributed by atoms with van der Waals surface area (Å²) in [5.74, 6) is -1.74. The number of pyridine rings is 2. The molecule has 0 spiro atoms. The average Bonchev–Trinajstić information content (AvgIpc) is 3.18. The number of carbonyl (C=O) groups is 3. The smallest absolute Gasteiger partial charge is 0.270 e. The van der Waals surface area contributed by atoms with Gasteiger partial charge in [0.15, 0.2) is 9.84 Å². The van der Waals surface area contributed by atoms with E-state index >= 15 is 0 Å². The van der Waals surface area contributed by atoms with E-state index in [1.165, 1.54) is 0 Å². The Balaban J connectivity index is 1.32. The Labute approximate surface area is 336 Å². The van der Waals surface area contributed by atoms with Gasteiger partial charge in [0.1, 0.15) is 11.7 Å². The zero-order valence-corrected chi connectivity index (χ0v) is 34.3. The van der Waals surface area contributed by atoms with E-state index in [0.717, 1.165) is 16.5 Å². The topological polar surface area (TPSA) is 171 Å². The summed E-state index contributed by atoms with van der Waals surface area (Å²) in [6.45, 7) is 9.48. The number of sulfone groups is 1. The van der Waals surface area contributed by atoms with Crippen molar-refractivity contribution in [2.45, 2.75) is 95.3 Å². The molecule has 2 aromatic heterocycles. The molecule has 1 fully saturated rings. The molecule has 0 bridgehead atoms. The molecule has 1 aliphatic heterocycles. The number of para-hydroxylation sites is 1. The van der Waals surface area contributed by atoms with Gasteiger partial charge in [-0.05, 0) is 81.7 Å². The number of β-amino-alcohol motifs (C(OH)–C–C–N with tert-alkyl or cyclic N) is 1. The number of benzene rings is 2. The fourth-order valence-electron chi connectivity index (χ4n) is 7.06. The van der Waals surface area contributed by atoms with Crippen LogP contribution in [-0.4, -0.2) is 100.0 Å². The van der Waals surface area contributed by atoms with Crippen LogP contribution in [0.1, 0.15) is 69.1 Å². The summed E-state index contributed by atoms with van der Waals surface area (Å²) in [6, 6.07) is 21.5. The van der Waals surface area contributed by atoms with Crippen molar-refractivity contribution < 1.29 is 27.9 Å². The van der Waals surface area contributed by atoms with E-state index in [4.69, 9.17) is 0 Å². The van der Waals surface area contributed by atoms with Gasteiger partial charge < -0.3 is 21.1 Å². The Morgan fingerprint density at radius 3 is 2.35 bits per heavy atom. The van der Waals surface area contributed by atoms with Crippen molar-refractivity contribution >= 4 is 38.5 Å². The number of piperidine rings is 1. The first-order chi connectivity index (χ1) is 27.1. The van der Waals surface area contributed by atoms with E-state index in [-0.39, 0.29) is 55.6 Å². The van der Waals surface area contributed by atoms with Crippen LogP contribution in [0.4, 0.5) is 0 Å². The Morgan fingerprint density at radius 1 is 0.930 bits per heavy atom. The van der Waals surface area contributed by atoms with Crippen molar-refractivity contribution in [1.82, 2.24) is 30.8 Å². The number of aliphatic hydroxyl groups excluding tert-OH is 1. The van der Waals surface area contributed by atoms with Crippen LogP contribution in [0.5, 0.6) is 0 Å². The third-order valence-corrected chi connectivity index (χ3v) is 12.2. The number of amides is 3. The van der Waals surface area contributed by atoms with E-state index in [0.29, 0.717) is 11.9 Å². The molecule has 1 aliphatic rings. The standard InChI is InChI=1S/C44H56N6O6S/c1-30(2)40(48-41(52)36-21-20-33-18-9-10-19-35(33)46-36)43(54)47-37(26-31-14-7-6-8-15-31)39(51)29-50-24-22-34(27-38(50)42(53)49-44(3,4)5)57(55,56)25-12-11-16-32-17-13-23-45-28-32/h6-15,17-21,23,28,30,34,37-40,51H,16,22,24-27,29H2,1-5H3,(H,47,54)(H,48,52)(H,49,53)/t34-,37?,38?,39?,40?/m1/s1. The highest BCUT2D eigenvalue weighted by Crippen LogP contribution is 2.26. The van der Waals surface area contributed by atoms with Gasteiger partial charge >= 0.3 is 0 Å². The van der Waals surface area contributed by atoms with E-state index in [1.54, 1.807) is 24.5 Å². The van der Waals surface area contributed by atoms with Gasteiger partial charge in [-0.15, -0.1) is 0 Å². The van der Waals surface area contributed by atoms with Crippen LogP contribution in [0.3, 0.4) is 0 Å². The monoisotopic (exact) mass is 796 g/mol. The Bertz CT molecular complexity index is 2110. The van der Waals surface area contributed by atoms with Crippen LogP contribution in [0, 0.1) is 5.92 Å². The third kappa shape index (κ3) is 12.5. The number of aliphatic hydroxyl groups is 1. The van der Waals surface area contributed by atoms with Gasteiger partial charge in [-0.1, -0.05) is 86.7 Å². The quantitative estimate of drug-likeness (QED) is 0.120. The SMILES string of the molecule is CC(C)C(NC(=O)c1ccc2ccccc2n1)C(=O)NC(Cc1ccccc1)C(O)CN1CC[C@@H](S(=O)(=O)CC=CCc2cccnc2)CC1C(=O)NC(C)(C)C. The molecule has 3 amide bonds. The van der Waals surface area contributed by atoms with Gasteiger partial charge in [-0.2, -0.15) is 0 Å². The molecule has 5 atom stereocenters. The molecule has 0 aliphatic carbocycles. The Morgan fingerprint density at radius 2 is 1.65 bits per heavy atom. The largest absolute Gasteiger partial charge is 0.390 e. The second-order valence-corrected chi connectivity index (χ2v) is 18.5. The van der Waals surface area contributed by atoms with Crippen molar-refractivity contribution in [2.24, 2.45) is 5.92 Å². The van der Waals surface area contributed by atoms with E-state index in [2.05, 4.69) is 25.9 Å². The minimum atomic E-state index is -3.60. The van der Waals surface area contributed by atoms with Crippen LogP contribution in [0.2, 0.25) is 0 Å². The van der Waals surface area contributed by atoms with Crippen LogP contribution >= 0.6 is 0 Å². The van der Waals surface area contributed by atoms with Crippen molar-refractivity contribution in [1.29, 1.82) is 0 Å². The maximum atomic E-state index is 14.0. The Kier molecular flexibility index (Phi) is 14.7. The van der Waals surface area contributed by atoms with Crippen molar-refractivity contribution in [2.75, 3.05) is 18.8 Å². The predicted octanol–water partition coefficient (Wildman–Crippen LogP) is 4.43. The molecule has 304 valence electrons. The molecule has 4 N–H and O–H groups in total. The summed E-state index contributed by atoms with van der Waals surface area (Å²) >= 11 is 0. The van der Waals surface area contributed by atoms with Crippen molar-refractivity contribution in [3.63, 3.8) is 0 Å². The average molecular weight is 797 g/mol. The first kappa shape index (κ1) is 43.1. The summed E-state index contributed by atoms with van der Waals surface area (Å²) in [5.41, 5.74) is 2.10. The number of carbonyl (C=O) groups excluding carboxylic acids is 3. The number of allylic oxidation sites excluding steroid dienone is 1. The first-order valence-corrected chi connectivity index (χ1v) is 21.3. The zero-order valence-electron chi connectivity index (χ0n) is 33.5. The summed E-state index contributed by atoms with van der Waals surface area (Å²) in [6.07, 6.45) is 6.92. The molecule has 4 aromatic rings. The summed E-state index contributed by atoms with van der Waals surface area (Å²) in [5, 5.41) is 21.0. The lowest BCUT2D eigenvalue weighted by atomic mass is 9.95. The lowest BCUT2D eigenvalue weighted by Crippen LogP contribution is -2.60. The highest BCUT2D eigenvalue weighted by atomic mass is 32.2. The highest BCUT2D eigenvalue weighted by Gasteiger charge is 2.41. The molecule has 0 radical (unpaired) electrons. The van der Waals surface area contributed by atoms with Gasteiger partial charge in [-0.3, -0.25) is 24.3 Å². The molecule has 12 nitrogen and oxygen atoms in total. The van der Waals surface area contributed by atoms with Gasteiger partial charge in [0.05, 0.1) is 34.7 Å². The van der Waals surface area contributed by atoms with Gasteiger partial charge in [0, 0.05) is 36.4 Å². The summed E-state index contributed by atoms with van der Waals surface area (Å²) < 4.78 is 27.2. The molecule has 2 aromatic carbocycles. The van der Waals surface area contributed by atoms with E-state index < -0.39 is 56.7 Å². The molecule has 5 rings (SSSR count). The molecule has 1 saturated heterocycles. The molecular formula is C44H56N6O6S. The lowest BCUT2D eigenvalue weighted by molar-refractivity contribution is -0.130. The number of likely N-dealkylation sites (tertiary alicyclic amines) is 1. The number of fused-ring (bicyclic) bond motifs is 1. The normalized spacial score (nSPS) is 18.2. The number of rotatable bonds is 16. The number of hydrogen-bond acceptors (Lipinski definition) is 9. The highest BCUT2D eigenvalue weighted by molar-refractivity contribution is 7.92. The Hall–Kier alpha value is -4.98.